The van der Waals surface area contributed by atoms with Crippen LogP contribution in [-0.4, -0.2) is 64.7 Å². The van der Waals surface area contributed by atoms with E-state index in [9.17, 15) is 14.4 Å². The van der Waals surface area contributed by atoms with E-state index in [0.717, 1.165) is 17.5 Å². The molecule has 1 aromatic heterocycles. The summed E-state index contributed by atoms with van der Waals surface area (Å²) in [5.74, 6) is -0.475. The Morgan fingerprint density at radius 3 is 2.04 bits per heavy atom. The fourth-order valence-electron chi connectivity index (χ4n) is 4.59. The topological polar surface area (TPSA) is 105 Å². The fraction of sp³-hybridized carbons (Fsp3) is 0.649. The highest BCUT2D eigenvalue weighted by Crippen LogP contribution is 2.39. The molecule has 11 heteroatoms. The molecule has 2 aromatic rings. The molecule has 2 rings (SSSR count). The number of alkyl carbamates (subject to hydrolysis) is 1. The number of methoxy groups -OCH3 is 1. The molecule has 0 aliphatic carbocycles. The lowest BCUT2D eigenvalue weighted by atomic mass is 9.98. The van der Waals surface area contributed by atoms with Gasteiger partial charge in [-0.25, -0.2) is 9.59 Å². The van der Waals surface area contributed by atoms with Crippen LogP contribution in [-0.2, 0) is 37.7 Å². The van der Waals surface area contributed by atoms with Gasteiger partial charge in [-0.2, -0.15) is 0 Å². The standard InChI is InChI=1S/C37H62N2O7Si2/c1-35(2,3)45-34(42)38-30(31(46-48(13,14)37(7,8)9)26-44-47(11,12)36(4,5)6)24-28-18-15-17-27(23-28)19-16-22-39-25-29(33(41)43-10)20-21-32(39)40/h15,17-18,20-21,23,25,30-31H,16,19,22,24,26H2,1-14H3,(H,38,42)/t30-,31+/m0/s1. The molecule has 0 unspecified atom stereocenters. The van der Waals surface area contributed by atoms with Crippen molar-refractivity contribution in [3.05, 3.63) is 69.6 Å². The quantitative estimate of drug-likeness (QED) is 0.157. The van der Waals surface area contributed by atoms with Crippen molar-refractivity contribution < 1.29 is 27.9 Å². The molecule has 1 amide bonds. The van der Waals surface area contributed by atoms with Gasteiger partial charge >= 0.3 is 12.1 Å². The summed E-state index contributed by atoms with van der Waals surface area (Å²) in [6.45, 7) is 28.6. The summed E-state index contributed by atoms with van der Waals surface area (Å²) < 4.78 is 25.9. The second kappa shape index (κ2) is 16.3. The molecule has 0 fully saturated rings. The largest absolute Gasteiger partial charge is 0.465 e. The molecule has 0 spiro atoms. The Morgan fingerprint density at radius 2 is 1.48 bits per heavy atom. The van der Waals surface area contributed by atoms with Crippen LogP contribution in [0.15, 0.2) is 47.4 Å². The van der Waals surface area contributed by atoms with Crippen LogP contribution >= 0.6 is 0 Å². The minimum Gasteiger partial charge on any atom is -0.465 e. The predicted octanol–water partition coefficient (Wildman–Crippen LogP) is 8.12. The molecule has 0 saturated carbocycles. The van der Waals surface area contributed by atoms with Gasteiger partial charge in [0, 0.05) is 18.8 Å². The van der Waals surface area contributed by atoms with E-state index in [-0.39, 0.29) is 15.6 Å². The average molecular weight is 703 g/mol. The number of pyridine rings is 1. The van der Waals surface area contributed by atoms with E-state index < -0.39 is 46.4 Å². The lowest BCUT2D eigenvalue weighted by Crippen LogP contribution is -2.56. The number of aromatic nitrogens is 1. The zero-order valence-corrected chi connectivity index (χ0v) is 34.0. The average Bonchev–Trinajstić information content (AvgIpc) is 2.93. The Kier molecular flexibility index (Phi) is 14.1. The number of rotatable bonds is 14. The van der Waals surface area contributed by atoms with Crippen molar-refractivity contribution in [3.63, 3.8) is 0 Å². The van der Waals surface area contributed by atoms with Gasteiger partial charge in [0.15, 0.2) is 16.6 Å². The molecule has 270 valence electrons. The number of ether oxygens (including phenoxy) is 2. The summed E-state index contributed by atoms with van der Waals surface area (Å²) >= 11 is 0. The van der Waals surface area contributed by atoms with Crippen molar-refractivity contribution in [2.45, 2.75) is 142 Å². The van der Waals surface area contributed by atoms with Crippen molar-refractivity contribution in [2.24, 2.45) is 0 Å². The van der Waals surface area contributed by atoms with Crippen LogP contribution in [0.5, 0.6) is 0 Å². The number of benzene rings is 1. The normalized spacial score (nSPS) is 14.3. The number of carbonyl (C=O) groups is 2. The van der Waals surface area contributed by atoms with Crippen LogP contribution in [0.25, 0.3) is 0 Å². The van der Waals surface area contributed by atoms with E-state index in [1.54, 1.807) is 10.8 Å². The third-order valence-corrected chi connectivity index (χ3v) is 18.5. The van der Waals surface area contributed by atoms with Gasteiger partial charge in [0.1, 0.15) is 5.60 Å². The van der Waals surface area contributed by atoms with Crippen LogP contribution in [0, 0.1) is 0 Å². The Bertz CT molecular complexity index is 1430. The van der Waals surface area contributed by atoms with Gasteiger partial charge < -0.3 is 28.2 Å². The predicted molar refractivity (Wildman–Crippen MR) is 199 cm³/mol. The smallest absolute Gasteiger partial charge is 0.407 e. The highest BCUT2D eigenvalue weighted by Gasteiger charge is 2.43. The van der Waals surface area contributed by atoms with Gasteiger partial charge in [-0.1, -0.05) is 65.8 Å². The monoisotopic (exact) mass is 702 g/mol. The van der Waals surface area contributed by atoms with Crippen LogP contribution in [0.4, 0.5) is 4.79 Å². The first-order chi connectivity index (χ1) is 21.8. The van der Waals surface area contributed by atoms with E-state index in [2.05, 4.69) is 91.2 Å². The van der Waals surface area contributed by atoms with Crippen molar-refractivity contribution in [2.75, 3.05) is 13.7 Å². The van der Waals surface area contributed by atoms with Crippen molar-refractivity contribution in [1.82, 2.24) is 9.88 Å². The first-order valence-corrected chi connectivity index (χ1v) is 22.8. The lowest BCUT2D eigenvalue weighted by molar-refractivity contribution is 0.0361. The molecule has 0 aliphatic heterocycles. The van der Waals surface area contributed by atoms with E-state index in [4.69, 9.17) is 18.3 Å². The molecule has 9 nitrogen and oxygen atoms in total. The third kappa shape index (κ3) is 12.6. The summed E-state index contributed by atoms with van der Waals surface area (Å²) in [7, 11) is -3.09. The molecule has 2 atom stereocenters. The maximum atomic E-state index is 13.3. The van der Waals surface area contributed by atoms with Crippen LogP contribution in [0.3, 0.4) is 0 Å². The molecule has 1 N–H and O–H groups in total. The number of aryl methyl sites for hydroxylation is 2. The van der Waals surface area contributed by atoms with Crippen molar-refractivity contribution in [1.29, 1.82) is 0 Å². The fourth-order valence-corrected chi connectivity index (χ4v) is 6.95. The lowest BCUT2D eigenvalue weighted by Gasteiger charge is -2.43. The molecular weight excluding hydrogens is 641 g/mol. The van der Waals surface area contributed by atoms with Gasteiger partial charge in [0.05, 0.1) is 31.4 Å². The minimum absolute atomic E-state index is 0.0166. The van der Waals surface area contributed by atoms with Crippen LogP contribution in [0.1, 0.15) is 90.2 Å². The second-order valence-electron chi connectivity index (χ2n) is 16.8. The summed E-state index contributed by atoms with van der Waals surface area (Å²) in [5, 5.41) is 3.15. The van der Waals surface area contributed by atoms with Crippen LogP contribution in [0.2, 0.25) is 36.3 Å². The Labute approximate surface area is 291 Å². The second-order valence-corrected chi connectivity index (χ2v) is 26.4. The van der Waals surface area contributed by atoms with E-state index in [1.165, 1.54) is 19.2 Å². The number of amides is 1. The van der Waals surface area contributed by atoms with E-state index >= 15 is 0 Å². The minimum atomic E-state index is -2.28. The molecular formula is C37H62N2O7Si2. The summed E-state index contributed by atoms with van der Waals surface area (Å²) in [4.78, 5) is 37.7. The highest BCUT2D eigenvalue weighted by atomic mass is 28.4. The number of hydrogen-bond donors (Lipinski definition) is 1. The number of hydrogen-bond acceptors (Lipinski definition) is 7. The molecule has 1 aromatic carbocycles. The Hall–Kier alpha value is -2.74. The van der Waals surface area contributed by atoms with Gasteiger partial charge in [-0.05, 0) is 93.5 Å². The van der Waals surface area contributed by atoms with E-state index in [1.807, 2.05) is 26.8 Å². The summed E-state index contributed by atoms with van der Waals surface area (Å²) in [6, 6.07) is 10.8. The van der Waals surface area contributed by atoms with Crippen molar-refractivity contribution >= 4 is 28.7 Å². The number of carbonyl (C=O) groups excluding carboxylic acids is 2. The van der Waals surface area contributed by atoms with E-state index in [0.29, 0.717) is 31.6 Å². The van der Waals surface area contributed by atoms with Crippen molar-refractivity contribution in [3.8, 4) is 0 Å². The summed E-state index contributed by atoms with van der Waals surface area (Å²) in [6.07, 6.45) is 2.61. The van der Waals surface area contributed by atoms with Crippen LogP contribution < -0.4 is 10.9 Å². The maximum absolute atomic E-state index is 13.3. The molecule has 48 heavy (non-hydrogen) atoms. The van der Waals surface area contributed by atoms with Gasteiger partial charge in [0.2, 0.25) is 0 Å². The zero-order chi connectivity index (χ0) is 36.7. The number of nitrogens with one attached hydrogen (secondary N) is 1. The van der Waals surface area contributed by atoms with Gasteiger partial charge in [-0.15, -0.1) is 0 Å². The number of nitrogens with zero attached hydrogens (tertiary/aromatic N) is 1. The first-order valence-electron chi connectivity index (χ1n) is 17.0. The SMILES string of the molecule is COC(=O)c1ccc(=O)n(CCCc2cccc(C[C@H](NC(=O)OC(C)(C)C)[C@@H](CO[Si](C)(C)C(C)(C)C)O[Si](C)(C)C(C)(C)C)c2)c1. The Morgan fingerprint density at radius 1 is 0.875 bits per heavy atom. The maximum Gasteiger partial charge on any atom is 0.407 e. The summed E-state index contributed by atoms with van der Waals surface area (Å²) in [5.41, 5.74) is 1.68. The molecule has 0 saturated heterocycles. The molecule has 0 aliphatic rings. The van der Waals surface area contributed by atoms with Gasteiger partial charge in [0.25, 0.3) is 5.56 Å². The zero-order valence-electron chi connectivity index (χ0n) is 32.0. The Balaban J connectivity index is 2.39. The third-order valence-electron chi connectivity index (χ3n) is 9.53. The molecule has 0 bridgehead atoms. The molecule has 0 radical (unpaired) electrons. The highest BCUT2D eigenvalue weighted by molar-refractivity contribution is 6.74. The van der Waals surface area contributed by atoms with Gasteiger partial charge in [-0.3, -0.25) is 4.79 Å². The molecule has 1 heterocycles. The number of esters is 1. The first kappa shape index (κ1) is 41.4.